The highest BCUT2D eigenvalue weighted by atomic mass is 16.3. The van der Waals surface area contributed by atoms with Gasteiger partial charge in [-0.1, -0.05) is 133 Å². The maximum absolute atomic E-state index is 6.64. The molecule has 0 aliphatic rings. The lowest BCUT2D eigenvalue weighted by Crippen LogP contribution is -1.97. The van der Waals surface area contributed by atoms with E-state index in [1.54, 1.807) is 4.52 Å². The minimum absolute atomic E-state index is 0.668. The zero-order chi connectivity index (χ0) is 36.3. The van der Waals surface area contributed by atoms with Crippen LogP contribution in [0.1, 0.15) is 0 Å². The van der Waals surface area contributed by atoms with Gasteiger partial charge in [-0.05, 0) is 92.7 Å². The van der Waals surface area contributed by atoms with Gasteiger partial charge < -0.3 is 9.73 Å². The summed E-state index contributed by atoms with van der Waals surface area (Å²) in [4.78, 5) is 4.74. The summed E-state index contributed by atoms with van der Waals surface area (Å²) in [6, 6.07) is 64.1. The number of fused-ring (bicyclic) bond motifs is 6. The molecule has 0 aliphatic heterocycles. The van der Waals surface area contributed by atoms with Crippen LogP contribution in [0.3, 0.4) is 0 Å². The summed E-state index contributed by atoms with van der Waals surface area (Å²) in [6.07, 6.45) is 1.91. The van der Waals surface area contributed by atoms with Gasteiger partial charge in [0.15, 0.2) is 11.5 Å². The molecule has 0 aliphatic carbocycles. The quantitative estimate of drug-likeness (QED) is 0.175. The molecule has 11 rings (SSSR count). The lowest BCUT2D eigenvalue weighted by atomic mass is 9.86. The Kier molecular flexibility index (Phi) is 7.10. The van der Waals surface area contributed by atoms with Crippen LogP contribution in [0.5, 0.6) is 0 Å². The van der Waals surface area contributed by atoms with Gasteiger partial charge in [0.2, 0.25) is 0 Å². The van der Waals surface area contributed by atoms with E-state index in [-0.39, 0.29) is 0 Å². The van der Waals surface area contributed by atoms with E-state index in [0.717, 1.165) is 66.4 Å². The topological polar surface area (TPSA) is 55.4 Å². The van der Waals surface area contributed by atoms with Crippen molar-refractivity contribution in [2.24, 2.45) is 0 Å². The average molecular weight is 705 g/mol. The highest BCUT2D eigenvalue weighted by molar-refractivity contribution is 6.25. The molecule has 5 heteroatoms. The molecule has 55 heavy (non-hydrogen) atoms. The largest absolute Gasteiger partial charge is 0.456 e. The third kappa shape index (κ3) is 5.24. The molecule has 0 unspecified atom stereocenters. The molecule has 3 aromatic heterocycles. The molecule has 8 aromatic carbocycles. The van der Waals surface area contributed by atoms with Crippen LogP contribution in [0.4, 0.5) is 11.4 Å². The fourth-order valence-electron chi connectivity index (χ4n) is 8.07. The number of hydrogen-bond donors (Lipinski definition) is 1. The molecule has 0 saturated carbocycles. The number of rotatable bonds is 6. The first-order valence-electron chi connectivity index (χ1n) is 18.5. The number of aromatic nitrogens is 3. The van der Waals surface area contributed by atoms with Gasteiger partial charge in [0, 0.05) is 39.0 Å². The Hall–Kier alpha value is -7.50. The zero-order valence-corrected chi connectivity index (χ0v) is 29.6. The summed E-state index contributed by atoms with van der Waals surface area (Å²) in [5, 5.41) is 15.3. The van der Waals surface area contributed by atoms with Crippen molar-refractivity contribution in [1.82, 2.24) is 14.6 Å². The lowest BCUT2D eigenvalue weighted by Gasteiger charge is -2.21. The van der Waals surface area contributed by atoms with Crippen LogP contribution in [-0.2, 0) is 0 Å². The highest BCUT2D eigenvalue weighted by Gasteiger charge is 2.20. The van der Waals surface area contributed by atoms with Crippen LogP contribution in [0.25, 0.3) is 93.9 Å². The summed E-state index contributed by atoms with van der Waals surface area (Å²) >= 11 is 0. The van der Waals surface area contributed by atoms with Gasteiger partial charge in [-0.25, -0.2) is 9.50 Å². The predicted molar refractivity (Wildman–Crippen MR) is 227 cm³/mol. The summed E-state index contributed by atoms with van der Waals surface area (Å²) in [5.74, 6) is 0.668. The van der Waals surface area contributed by atoms with Crippen LogP contribution in [0.15, 0.2) is 193 Å². The van der Waals surface area contributed by atoms with E-state index < -0.39 is 0 Å². The van der Waals surface area contributed by atoms with Crippen molar-refractivity contribution >= 4 is 60.5 Å². The third-order valence-electron chi connectivity index (χ3n) is 10.7. The second-order valence-corrected chi connectivity index (χ2v) is 13.9. The molecular weight excluding hydrogens is 673 g/mol. The number of anilines is 2. The molecule has 1 N–H and O–H groups in total. The fourth-order valence-corrected chi connectivity index (χ4v) is 8.07. The number of furan rings is 1. The minimum atomic E-state index is 0.668. The van der Waals surface area contributed by atoms with E-state index in [1.165, 1.54) is 33.0 Å². The van der Waals surface area contributed by atoms with Gasteiger partial charge in [0.05, 0.1) is 5.69 Å². The van der Waals surface area contributed by atoms with Crippen LogP contribution in [-0.4, -0.2) is 14.6 Å². The van der Waals surface area contributed by atoms with Crippen molar-refractivity contribution in [1.29, 1.82) is 0 Å². The maximum atomic E-state index is 6.64. The second-order valence-electron chi connectivity index (χ2n) is 13.9. The first-order valence-corrected chi connectivity index (χ1v) is 18.5. The van der Waals surface area contributed by atoms with E-state index in [1.807, 2.05) is 30.5 Å². The van der Waals surface area contributed by atoms with Crippen molar-refractivity contribution < 1.29 is 4.42 Å². The summed E-state index contributed by atoms with van der Waals surface area (Å²) < 4.78 is 8.44. The highest BCUT2D eigenvalue weighted by Crippen LogP contribution is 2.47. The van der Waals surface area contributed by atoms with Gasteiger partial charge in [0.25, 0.3) is 0 Å². The molecule has 11 aromatic rings. The van der Waals surface area contributed by atoms with E-state index in [0.29, 0.717) is 5.82 Å². The normalized spacial score (nSPS) is 11.6. The molecule has 5 nitrogen and oxygen atoms in total. The minimum Gasteiger partial charge on any atom is -0.456 e. The summed E-state index contributed by atoms with van der Waals surface area (Å²) in [7, 11) is 0. The second kappa shape index (κ2) is 12.6. The van der Waals surface area contributed by atoms with Crippen molar-refractivity contribution in [2.45, 2.75) is 0 Å². The molecule has 0 amide bonds. The lowest BCUT2D eigenvalue weighted by molar-refractivity contribution is 0.669. The SMILES string of the molecule is c1ccc(Nc2c3ccccc3c(-c3ccc4c(c3)oc3cc(-c5nc6ccccn6n5)ccc34)c3cccc(-c4ccc(-c5ccccc5)cc4)c23)cc1. The number of para-hydroxylation sites is 1. The zero-order valence-electron chi connectivity index (χ0n) is 29.6. The van der Waals surface area contributed by atoms with E-state index in [2.05, 4.69) is 163 Å². The summed E-state index contributed by atoms with van der Waals surface area (Å²) in [5.41, 5.74) is 12.5. The Morgan fingerprint density at radius 1 is 0.455 bits per heavy atom. The van der Waals surface area contributed by atoms with Crippen LogP contribution in [0.2, 0.25) is 0 Å². The number of nitrogens with zero attached hydrogens (tertiary/aromatic N) is 3. The predicted octanol–water partition coefficient (Wildman–Crippen LogP) is 13.3. The molecule has 0 fully saturated rings. The van der Waals surface area contributed by atoms with Crippen LogP contribution >= 0.6 is 0 Å². The van der Waals surface area contributed by atoms with E-state index in [9.17, 15) is 0 Å². The van der Waals surface area contributed by atoms with Crippen LogP contribution in [0, 0.1) is 0 Å². The molecule has 0 spiro atoms. The molecular formula is C50H32N4O. The number of nitrogens with one attached hydrogen (secondary N) is 1. The van der Waals surface area contributed by atoms with E-state index >= 15 is 0 Å². The molecule has 0 saturated heterocycles. The standard InChI is InChI=1S/C50H32N4O/c1-3-12-32(13-4-1)33-21-23-34(24-22-33)38-18-11-19-43-47(41-16-7-8-17-42(41)49(48(38)43)51-37-14-5-2-6-15-37)35-25-27-39-40-28-26-36(31-45(40)55-44(39)30-35)50-52-46-20-9-10-29-54(46)53-50/h1-31,51H. The number of pyridine rings is 1. The molecule has 0 radical (unpaired) electrons. The Morgan fingerprint density at radius 2 is 1.07 bits per heavy atom. The molecule has 0 atom stereocenters. The van der Waals surface area contributed by atoms with Gasteiger partial charge in [0.1, 0.15) is 11.2 Å². The molecule has 258 valence electrons. The van der Waals surface area contributed by atoms with Crippen molar-refractivity contribution in [3.05, 3.63) is 188 Å². The Balaban J connectivity index is 1.11. The van der Waals surface area contributed by atoms with Gasteiger partial charge in [-0.2, -0.15) is 0 Å². The van der Waals surface area contributed by atoms with Gasteiger partial charge >= 0.3 is 0 Å². The fraction of sp³-hybridized carbons (Fsp3) is 0. The first kappa shape index (κ1) is 31.1. The van der Waals surface area contributed by atoms with Gasteiger partial charge in [-0.3, -0.25) is 0 Å². The summed E-state index contributed by atoms with van der Waals surface area (Å²) in [6.45, 7) is 0. The smallest absolute Gasteiger partial charge is 0.182 e. The Bertz CT molecular complexity index is 3180. The number of benzene rings is 8. The Labute approximate surface area is 316 Å². The maximum Gasteiger partial charge on any atom is 0.182 e. The van der Waals surface area contributed by atoms with Crippen molar-refractivity contribution in [3.8, 4) is 44.8 Å². The number of hydrogen-bond acceptors (Lipinski definition) is 4. The average Bonchev–Trinajstić information content (AvgIpc) is 3.85. The molecule has 3 heterocycles. The van der Waals surface area contributed by atoms with Gasteiger partial charge in [-0.15, -0.1) is 5.10 Å². The van der Waals surface area contributed by atoms with Crippen LogP contribution < -0.4 is 5.32 Å². The Morgan fingerprint density at radius 3 is 1.85 bits per heavy atom. The molecule has 0 bridgehead atoms. The van der Waals surface area contributed by atoms with Crippen molar-refractivity contribution in [2.75, 3.05) is 5.32 Å². The third-order valence-corrected chi connectivity index (χ3v) is 10.7. The first-order chi connectivity index (χ1) is 27.2. The monoisotopic (exact) mass is 704 g/mol. The van der Waals surface area contributed by atoms with Crippen molar-refractivity contribution in [3.63, 3.8) is 0 Å². The van der Waals surface area contributed by atoms with E-state index in [4.69, 9.17) is 14.5 Å².